The lowest BCUT2D eigenvalue weighted by atomic mass is 9.53. The minimum Gasteiger partial charge on any atom is -0.369 e. The van der Waals surface area contributed by atoms with E-state index in [1.54, 1.807) is 0 Å². The summed E-state index contributed by atoms with van der Waals surface area (Å²) in [7, 11) is 0. The van der Waals surface area contributed by atoms with Gasteiger partial charge in [0.2, 0.25) is 0 Å². The standard InChI is InChI=1S/C16H28O/c1-3-5-9-16(10-6-4-2)11-12-7-8-13(16)15-14(12)17-15/h12-15H,3-11H2,1-2H3. The fourth-order valence-corrected chi connectivity index (χ4v) is 4.87. The van der Waals surface area contributed by atoms with E-state index in [1.165, 1.54) is 57.8 Å². The zero-order valence-electron chi connectivity index (χ0n) is 11.6. The molecule has 2 bridgehead atoms. The minimum atomic E-state index is 0.687. The van der Waals surface area contributed by atoms with Gasteiger partial charge in [0, 0.05) is 0 Å². The summed E-state index contributed by atoms with van der Waals surface area (Å²) in [5.41, 5.74) is 0.687. The summed E-state index contributed by atoms with van der Waals surface area (Å²) in [6, 6.07) is 0. The first kappa shape index (κ1) is 12.0. The number of rotatable bonds is 6. The molecule has 4 unspecified atom stereocenters. The van der Waals surface area contributed by atoms with E-state index in [0.717, 1.165) is 11.8 Å². The molecule has 1 nitrogen and oxygen atoms in total. The van der Waals surface area contributed by atoms with E-state index in [9.17, 15) is 0 Å². The smallest absolute Gasteiger partial charge is 0.0878 e. The SMILES string of the molecule is CCCCC1(CCCC)CC2CCC1C1OC21. The predicted octanol–water partition coefficient (Wildman–Crippen LogP) is 4.55. The summed E-state index contributed by atoms with van der Waals surface area (Å²) in [5, 5.41) is 0. The molecule has 1 heterocycles. The number of ether oxygens (including phenoxy) is 1. The Labute approximate surface area is 106 Å². The summed E-state index contributed by atoms with van der Waals surface area (Å²) in [5.74, 6) is 1.86. The summed E-state index contributed by atoms with van der Waals surface area (Å²) in [6.45, 7) is 4.68. The zero-order chi connectivity index (χ0) is 11.9. The van der Waals surface area contributed by atoms with Gasteiger partial charge in [-0.25, -0.2) is 0 Å². The van der Waals surface area contributed by atoms with Crippen LogP contribution in [-0.2, 0) is 4.74 Å². The Hall–Kier alpha value is -0.0400. The van der Waals surface area contributed by atoms with Crippen LogP contribution in [0.3, 0.4) is 0 Å². The molecule has 0 N–H and O–H groups in total. The first-order chi connectivity index (χ1) is 8.30. The molecule has 3 aliphatic carbocycles. The Morgan fingerprint density at radius 1 is 1.00 bits per heavy atom. The zero-order valence-corrected chi connectivity index (χ0v) is 11.6. The topological polar surface area (TPSA) is 12.5 Å². The van der Waals surface area contributed by atoms with Crippen LogP contribution in [0.4, 0.5) is 0 Å². The molecular formula is C16H28O. The lowest BCUT2D eigenvalue weighted by molar-refractivity contribution is 0.00488. The number of hydrogen-bond donors (Lipinski definition) is 0. The molecule has 0 aromatic carbocycles. The molecule has 1 saturated heterocycles. The van der Waals surface area contributed by atoms with Gasteiger partial charge in [-0.05, 0) is 49.4 Å². The van der Waals surface area contributed by atoms with Crippen molar-refractivity contribution in [1.82, 2.24) is 0 Å². The van der Waals surface area contributed by atoms with Crippen LogP contribution >= 0.6 is 0 Å². The highest BCUT2D eigenvalue weighted by Crippen LogP contribution is 2.63. The molecule has 0 aromatic heterocycles. The van der Waals surface area contributed by atoms with Crippen LogP contribution in [-0.4, -0.2) is 12.2 Å². The second kappa shape index (κ2) is 4.57. The van der Waals surface area contributed by atoms with Gasteiger partial charge in [-0.15, -0.1) is 0 Å². The van der Waals surface area contributed by atoms with Crippen molar-refractivity contribution in [1.29, 1.82) is 0 Å². The van der Waals surface area contributed by atoms with Crippen LogP contribution in [0.2, 0.25) is 0 Å². The van der Waals surface area contributed by atoms with Crippen molar-refractivity contribution in [3.63, 3.8) is 0 Å². The highest BCUT2D eigenvalue weighted by atomic mass is 16.6. The Balaban J connectivity index is 1.74. The van der Waals surface area contributed by atoms with Crippen molar-refractivity contribution >= 4 is 0 Å². The molecule has 4 fully saturated rings. The molecule has 0 aromatic rings. The third kappa shape index (κ3) is 1.95. The van der Waals surface area contributed by atoms with E-state index in [1.807, 2.05) is 0 Å². The summed E-state index contributed by atoms with van der Waals surface area (Å²) >= 11 is 0. The van der Waals surface area contributed by atoms with E-state index in [-0.39, 0.29) is 0 Å². The summed E-state index contributed by atoms with van der Waals surface area (Å²) in [4.78, 5) is 0. The maximum atomic E-state index is 5.98. The first-order valence-electron chi connectivity index (χ1n) is 7.96. The molecule has 0 spiro atoms. The van der Waals surface area contributed by atoms with Gasteiger partial charge in [0.1, 0.15) is 0 Å². The maximum Gasteiger partial charge on any atom is 0.0878 e. The van der Waals surface area contributed by atoms with Crippen molar-refractivity contribution in [3.8, 4) is 0 Å². The number of hydrogen-bond acceptors (Lipinski definition) is 1. The van der Waals surface area contributed by atoms with E-state index in [4.69, 9.17) is 4.74 Å². The van der Waals surface area contributed by atoms with Crippen molar-refractivity contribution in [3.05, 3.63) is 0 Å². The normalized spacial score (nSPS) is 41.3. The van der Waals surface area contributed by atoms with Crippen LogP contribution in [0.5, 0.6) is 0 Å². The number of unbranched alkanes of at least 4 members (excludes halogenated alkanes) is 2. The van der Waals surface area contributed by atoms with Gasteiger partial charge in [-0.3, -0.25) is 0 Å². The molecule has 17 heavy (non-hydrogen) atoms. The fourth-order valence-electron chi connectivity index (χ4n) is 4.87. The lowest BCUT2D eigenvalue weighted by Crippen LogP contribution is -2.46. The highest BCUT2D eigenvalue weighted by Gasteiger charge is 2.63. The van der Waals surface area contributed by atoms with E-state index >= 15 is 0 Å². The second-order valence-electron chi connectivity index (χ2n) is 6.78. The first-order valence-corrected chi connectivity index (χ1v) is 7.96. The number of epoxide rings is 1. The molecule has 1 heteroatoms. The molecule has 0 radical (unpaired) electrons. The van der Waals surface area contributed by atoms with E-state index < -0.39 is 0 Å². The van der Waals surface area contributed by atoms with Crippen molar-refractivity contribution in [2.45, 2.75) is 83.8 Å². The van der Waals surface area contributed by atoms with Gasteiger partial charge >= 0.3 is 0 Å². The largest absolute Gasteiger partial charge is 0.369 e. The van der Waals surface area contributed by atoms with Gasteiger partial charge in [-0.1, -0.05) is 39.5 Å². The maximum absolute atomic E-state index is 5.98. The fraction of sp³-hybridized carbons (Fsp3) is 1.00. The van der Waals surface area contributed by atoms with Crippen LogP contribution in [0.1, 0.15) is 71.6 Å². The average molecular weight is 236 g/mol. The number of fused-ring (bicyclic) bond motifs is 2. The van der Waals surface area contributed by atoms with E-state index in [0.29, 0.717) is 17.6 Å². The second-order valence-corrected chi connectivity index (χ2v) is 6.78. The Bertz CT molecular complexity index is 265. The Morgan fingerprint density at radius 3 is 2.29 bits per heavy atom. The summed E-state index contributed by atoms with van der Waals surface area (Å²) in [6.07, 6.45) is 14.4. The molecule has 98 valence electrons. The van der Waals surface area contributed by atoms with Crippen LogP contribution < -0.4 is 0 Å². The van der Waals surface area contributed by atoms with Gasteiger partial charge in [0.05, 0.1) is 12.2 Å². The third-order valence-electron chi connectivity index (χ3n) is 5.78. The van der Waals surface area contributed by atoms with Gasteiger partial charge < -0.3 is 4.74 Å². The Kier molecular flexibility index (Phi) is 3.23. The third-order valence-corrected chi connectivity index (χ3v) is 5.78. The molecule has 0 amide bonds. The molecule has 4 rings (SSSR count). The van der Waals surface area contributed by atoms with Crippen LogP contribution in [0, 0.1) is 17.3 Å². The molecule has 3 saturated carbocycles. The molecule has 4 aliphatic rings. The van der Waals surface area contributed by atoms with Crippen molar-refractivity contribution in [2.24, 2.45) is 17.3 Å². The quantitative estimate of drug-likeness (QED) is 0.616. The van der Waals surface area contributed by atoms with Crippen molar-refractivity contribution < 1.29 is 4.74 Å². The summed E-state index contributed by atoms with van der Waals surface area (Å²) < 4.78 is 5.98. The van der Waals surface area contributed by atoms with Gasteiger partial charge in [0.25, 0.3) is 0 Å². The molecular weight excluding hydrogens is 208 g/mol. The van der Waals surface area contributed by atoms with Crippen molar-refractivity contribution in [2.75, 3.05) is 0 Å². The minimum absolute atomic E-state index is 0.687. The van der Waals surface area contributed by atoms with Crippen LogP contribution in [0.15, 0.2) is 0 Å². The Morgan fingerprint density at radius 2 is 1.71 bits per heavy atom. The average Bonchev–Trinajstić information content (AvgIpc) is 3.16. The highest BCUT2D eigenvalue weighted by molar-refractivity contribution is 5.11. The monoisotopic (exact) mass is 236 g/mol. The van der Waals surface area contributed by atoms with Crippen LogP contribution in [0.25, 0.3) is 0 Å². The van der Waals surface area contributed by atoms with Gasteiger partial charge in [0.15, 0.2) is 0 Å². The van der Waals surface area contributed by atoms with E-state index in [2.05, 4.69) is 13.8 Å². The molecule has 1 aliphatic heterocycles. The van der Waals surface area contributed by atoms with Gasteiger partial charge in [-0.2, -0.15) is 0 Å². The molecule has 4 atom stereocenters. The predicted molar refractivity (Wildman–Crippen MR) is 71.0 cm³/mol. The lowest BCUT2D eigenvalue weighted by Gasteiger charge is -2.50.